The normalized spacial score (nSPS) is 29.1. The van der Waals surface area contributed by atoms with Crippen molar-refractivity contribution in [2.24, 2.45) is 0 Å². The third kappa shape index (κ3) is 3.85. The van der Waals surface area contributed by atoms with Crippen LogP contribution in [-0.2, 0) is 11.2 Å². The first-order valence-corrected chi connectivity index (χ1v) is 14.0. The zero-order valence-corrected chi connectivity index (χ0v) is 23.0. The Morgan fingerprint density at radius 2 is 1.70 bits per heavy atom. The molecule has 4 heterocycles. The number of nitrogens with one attached hydrogen (secondary N) is 2. The van der Waals surface area contributed by atoms with Crippen molar-refractivity contribution in [1.82, 2.24) is 15.4 Å². The molecule has 0 bridgehead atoms. The number of amides is 2. The molecule has 7 rings (SSSR count). The number of ether oxygens (including phenoxy) is 1. The van der Waals surface area contributed by atoms with E-state index in [1.54, 1.807) is 6.08 Å². The number of aliphatic hydroxyl groups is 8. The number of aromatic nitrogens is 1. The van der Waals surface area contributed by atoms with Crippen LogP contribution in [0.5, 0.6) is 0 Å². The number of imide groups is 1. The third-order valence-corrected chi connectivity index (χ3v) is 8.82. The Labute approximate surface area is 247 Å². The van der Waals surface area contributed by atoms with Gasteiger partial charge in [-0.3, -0.25) is 9.59 Å². The topological polar surface area (TPSA) is 240 Å². The number of fused-ring (bicyclic) bond motifs is 9. The number of nitrogens with zero attached hydrogens (tertiary/aromatic N) is 2. The number of allylic oxidation sites excluding steroid dienone is 3. The minimum absolute atomic E-state index is 0.0215. The van der Waals surface area contributed by atoms with Crippen molar-refractivity contribution in [2.75, 3.05) is 24.7 Å². The number of rotatable bonds is 6. The van der Waals surface area contributed by atoms with E-state index in [0.717, 1.165) is 5.01 Å². The molecule has 2 aliphatic carbocycles. The van der Waals surface area contributed by atoms with Gasteiger partial charge in [-0.05, 0) is 35.8 Å². The number of carbonyl (C=O) groups is 2. The van der Waals surface area contributed by atoms with Gasteiger partial charge in [-0.2, -0.15) is 0 Å². The molecule has 6 atom stereocenters. The van der Waals surface area contributed by atoms with Gasteiger partial charge >= 0.3 is 0 Å². The van der Waals surface area contributed by atoms with Crippen LogP contribution in [0.15, 0.2) is 35.8 Å². The fraction of sp³-hybridized carbons (Fsp3) is 0.379. The van der Waals surface area contributed by atoms with Crippen LogP contribution in [0, 0.1) is 0 Å². The quantitative estimate of drug-likeness (QED) is 0.143. The molecule has 1 fully saturated rings. The van der Waals surface area contributed by atoms with Crippen molar-refractivity contribution in [1.29, 1.82) is 0 Å². The number of aliphatic hydroxyl groups excluding tert-OH is 8. The molecular formula is C29H30N4O11. The van der Waals surface area contributed by atoms with Crippen molar-refractivity contribution >= 4 is 40.1 Å². The summed E-state index contributed by atoms with van der Waals surface area (Å²) in [5.74, 6) is -1.70. The molecule has 1 aromatic heterocycles. The Balaban J connectivity index is 1.55. The third-order valence-electron chi connectivity index (χ3n) is 8.82. The number of hydrogen-bond acceptors (Lipinski definition) is 13. The molecule has 0 spiro atoms. The minimum Gasteiger partial charge on any atom is -0.508 e. The van der Waals surface area contributed by atoms with E-state index in [1.807, 2.05) is 0 Å². The highest BCUT2D eigenvalue weighted by Crippen LogP contribution is 2.43. The van der Waals surface area contributed by atoms with Crippen molar-refractivity contribution < 1.29 is 55.2 Å². The number of anilines is 1. The van der Waals surface area contributed by atoms with Crippen LogP contribution in [-0.4, -0.2) is 125 Å². The molecule has 1 unspecified atom stereocenters. The maximum atomic E-state index is 14.1. The van der Waals surface area contributed by atoms with Crippen LogP contribution in [0.3, 0.4) is 0 Å². The van der Waals surface area contributed by atoms with E-state index < -0.39 is 74.4 Å². The maximum absolute atomic E-state index is 14.1. The summed E-state index contributed by atoms with van der Waals surface area (Å²) < 4.78 is 5.96. The Bertz CT molecular complexity index is 1820. The molecule has 2 amide bonds. The van der Waals surface area contributed by atoms with Crippen LogP contribution in [0.4, 0.5) is 5.69 Å². The molecule has 0 saturated carbocycles. The number of carbonyl (C=O) groups excluding carboxylic acids is 2. The average Bonchev–Trinajstić information content (AvgIpc) is 3.62. The van der Waals surface area contributed by atoms with Gasteiger partial charge in [-0.15, -0.1) is 0 Å². The fourth-order valence-corrected chi connectivity index (χ4v) is 6.75. The second-order valence-electron chi connectivity index (χ2n) is 11.3. The number of hydrogen-bond donors (Lipinski definition) is 10. The molecule has 2 aromatic rings. The van der Waals surface area contributed by atoms with E-state index in [0.29, 0.717) is 27.4 Å². The predicted molar refractivity (Wildman–Crippen MR) is 151 cm³/mol. The lowest BCUT2D eigenvalue weighted by molar-refractivity contribution is -0.228. The molecule has 44 heavy (non-hydrogen) atoms. The number of H-pyrrole nitrogens is 1. The van der Waals surface area contributed by atoms with E-state index in [9.17, 15) is 50.4 Å². The molecule has 1 aromatic carbocycles. The van der Waals surface area contributed by atoms with Gasteiger partial charge in [0, 0.05) is 22.0 Å². The van der Waals surface area contributed by atoms with Crippen molar-refractivity contribution in [3.63, 3.8) is 0 Å². The first kappa shape index (κ1) is 28.7. The molecule has 3 aliphatic heterocycles. The van der Waals surface area contributed by atoms with Gasteiger partial charge in [0.25, 0.3) is 11.8 Å². The monoisotopic (exact) mass is 610 g/mol. The highest BCUT2D eigenvalue weighted by atomic mass is 16.6. The number of benzene rings is 1. The zero-order chi connectivity index (χ0) is 31.2. The first-order chi connectivity index (χ1) is 21.1. The molecular weight excluding hydrogens is 580 g/mol. The largest absolute Gasteiger partial charge is 0.508 e. The molecule has 5 aliphatic rings. The summed E-state index contributed by atoms with van der Waals surface area (Å²) >= 11 is 0. The second kappa shape index (κ2) is 10.3. The second-order valence-corrected chi connectivity index (χ2v) is 11.3. The lowest BCUT2D eigenvalue weighted by atomic mass is 9.93. The molecule has 232 valence electrons. The summed E-state index contributed by atoms with van der Waals surface area (Å²) in [4.78, 5) is 32.8. The lowest BCUT2D eigenvalue weighted by Crippen LogP contribution is -2.64. The minimum atomic E-state index is -1.73. The number of hydrazine groups is 1. The highest BCUT2D eigenvalue weighted by Gasteiger charge is 2.52. The molecule has 10 N–H and O–H groups in total. The SMILES string of the molecule is O=C1c2c(c3c4c([nH]c3c3c2=C2C=CC(O)=CC2N3[C@H]2O[C@H](CO)[C@@H](O)[C@@H](O)[C@H]2O)=CC(O)=CC4)C(=O)N1NC(CO)CO. The molecule has 15 heteroatoms. The maximum Gasteiger partial charge on any atom is 0.276 e. The number of aromatic amines is 1. The van der Waals surface area contributed by atoms with Crippen LogP contribution < -0.4 is 20.9 Å². The summed E-state index contributed by atoms with van der Waals surface area (Å²) in [7, 11) is 0. The molecule has 0 radical (unpaired) electrons. The Morgan fingerprint density at radius 3 is 2.41 bits per heavy atom. The van der Waals surface area contributed by atoms with Gasteiger partial charge in [-0.1, -0.05) is 6.08 Å². The fourth-order valence-electron chi connectivity index (χ4n) is 6.75. The molecule has 1 saturated heterocycles. The van der Waals surface area contributed by atoms with E-state index in [4.69, 9.17) is 4.74 Å². The Morgan fingerprint density at radius 1 is 0.977 bits per heavy atom. The van der Waals surface area contributed by atoms with Gasteiger partial charge in [0.1, 0.15) is 35.9 Å². The van der Waals surface area contributed by atoms with Gasteiger partial charge < -0.3 is 55.5 Å². The van der Waals surface area contributed by atoms with E-state index in [-0.39, 0.29) is 40.0 Å². The van der Waals surface area contributed by atoms with Gasteiger partial charge in [0.15, 0.2) is 6.23 Å². The lowest BCUT2D eigenvalue weighted by Gasteiger charge is -2.46. The summed E-state index contributed by atoms with van der Waals surface area (Å²) in [5.41, 5.74) is 4.23. The first-order valence-electron chi connectivity index (χ1n) is 14.0. The van der Waals surface area contributed by atoms with Crippen LogP contribution >= 0.6 is 0 Å². The zero-order valence-electron chi connectivity index (χ0n) is 23.0. The van der Waals surface area contributed by atoms with Gasteiger partial charge in [-0.25, -0.2) is 10.4 Å². The smallest absolute Gasteiger partial charge is 0.276 e. The van der Waals surface area contributed by atoms with E-state index in [2.05, 4.69) is 10.4 Å². The highest BCUT2D eigenvalue weighted by molar-refractivity contribution is 6.29. The Hall–Kier alpha value is -4.06. The molecule has 15 nitrogen and oxygen atoms in total. The van der Waals surface area contributed by atoms with Crippen molar-refractivity contribution in [3.8, 4) is 0 Å². The summed E-state index contributed by atoms with van der Waals surface area (Å²) in [5, 5.41) is 84.2. The average molecular weight is 611 g/mol. The summed E-state index contributed by atoms with van der Waals surface area (Å²) in [6.45, 7) is -1.84. The van der Waals surface area contributed by atoms with E-state index >= 15 is 0 Å². The predicted octanol–water partition coefficient (Wildman–Crippen LogP) is -3.45. The van der Waals surface area contributed by atoms with Crippen LogP contribution in [0.2, 0.25) is 0 Å². The van der Waals surface area contributed by atoms with E-state index in [1.165, 1.54) is 29.2 Å². The summed E-state index contributed by atoms with van der Waals surface area (Å²) in [6.07, 6.45) is -0.229. The standard InChI is InChI=1S/C29H30N4O11/c34-7-10(8-35)31-33-27(42)20-18-13-3-1-11(37)5-15(13)30-22(18)23-19(21(20)28(33)43)14-4-2-12(38)6-16(14)32(23)29-26(41)25(40)24(39)17(9-36)44-29/h1-2,4-6,10,16-17,24-26,29-31,34-41H,3,7-9H2/t16?,17-,24-,25-,26-,29+/m1/s1. The van der Waals surface area contributed by atoms with Gasteiger partial charge in [0.2, 0.25) is 0 Å². The summed E-state index contributed by atoms with van der Waals surface area (Å²) in [6, 6.07) is -1.94. The van der Waals surface area contributed by atoms with Crippen LogP contribution in [0.25, 0.3) is 22.6 Å². The van der Waals surface area contributed by atoms with Crippen LogP contribution in [0.1, 0.15) is 26.3 Å². The van der Waals surface area contributed by atoms with Crippen molar-refractivity contribution in [2.45, 2.75) is 49.1 Å². The van der Waals surface area contributed by atoms with Gasteiger partial charge in [0.05, 0.1) is 54.2 Å². The Kier molecular flexibility index (Phi) is 6.69. The van der Waals surface area contributed by atoms with Crippen molar-refractivity contribution in [3.05, 3.63) is 63.1 Å².